The van der Waals surface area contributed by atoms with Crippen LogP contribution in [-0.4, -0.2) is 36.6 Å². The molecule has 1 amide bonds. The first-order valence-electron chi connectivity index (χ1n) is 7.30. The minimum atomic E-state index is -0.396. The highest BCUT2D eigenvalue weighted by atomic mass is 19.1. The van der Waals surface area contributed by atoms with E-state index in [2.05, 4.69) is 5.32 Å². The first-order chi connectivity index (χ1) is 9.63. The SMILES string of the molecule is Cc1cccc(C)c1NC(=O)[C@@H]1CCCCN1CCF. The Morgan fingerprint density at radius 2 is 2.05 bits per heavy atom. The quantitative estimate of drug-likeness (QED) is 0.918. The summed E-state index contributed by atoms with van der Waals surface area (Å²) in [5.74, 6) is -0.00412. The van der Waals surface area contributed by atoms with Crippen LogP contribution in [0.2, 0.25) is 0 Å². The Labute approximate surface area is 120 Å². The van der Waals surface area contributed by atoms with Crippen LogP contribution >= 0.6 is 0 Å². The van der Waals surface area contributed by atoms with Gasteiger partial charge in [0.25, 0.3) is 0 Å². The van der Waals surface area contributed by atoms with Crippen LogP contribution in [0.15, 0.2) is 18.2 Å². The molecule has 1 N–H and O–H groups in total. The molecular formula is C16H23FN2O. The average Bonchev–Trinajstić information content (AvgIpc) is 2.44. The van der Waals surface area contributed by atoms with Crippen LogP contribution < -0.4 is 5.32 Å². The first kappa shape index (κ1) is 15.0. The van der Waals surface area contributed by atoms with Crippen LogP contribution in [0.25, 0.3) is 0 Å². The molecule has 1 aliphatic heterocycles. The molecule has 0 aliphatic carbocycles. The van der Waals surface area contributed by atoms with Crippen molar-refractivity contribution in [2.75, 3.05) is 25.1 Å². The van der Waals surface area contributed by atoms with Crippen molar-refractivity contribution in [2.45, 2.75) is 39.2 Å². The maximum Gasteiger partial charge on any atom is 0.241 e. The van der Waals surface area contributed by atoms with Crippen molar-refractivity contribution in [1.29, 1.82) is 0 Å². The van der Waals surface area contributed by atoms with Gasteiger partial charge < -0.3 is 5.32 Å². The zero-order valence-corrected chi connectivity index (χ0v) is 12.3. The molecule has 0 aromatic heterocycles. The fourth-order valence-electron chi connectivity index (χ4n) is 2.88. The number of carbonyl (C=O) groups excluding carboxylic acids is 1. The molecule has 1 aromatic rings. The number of alkyl halides is 1. The highest BCUT2D eigenvalue weighted by Gasteiger charge is 2.28. The number of nitrogens with zero attached hydrogens (tertiary/aromatic N) is 1. The molecule has 0 bridgehead atoms. The number of para-hydroxylation sites is 1. The van der Waals surface area contributed by atoms with E-state index in [0.29, 0.717) is 6.54 Å². The van der Waals surface area contributed by atoms with Crippen molar-refractivity contribution in [3.63, 3.8) is 0 Å². The summed E-state index contributed by atoms with van der Waals surface area (Å²) in [6, 6.07) is 5.76. The topological polar surface area (TPSA) is 32.3 Å². The smallest absolute Gasteiger partial charge is 0.241 e. The molecule has 1 atom stereocenters. The molecule has 0 radical (unpaired) electrons. The molecule has 4 heteroatoms. The van der Waals surface area contributed by atoms with Gasteiger partial charge in [-0.25, -0.2) is 4.39 Å². The highest BCUT2D eigenvalue weighted by Crippen LogP contribution is 2.22. The molecule has 1 fully saturated rings. The van der Waals surface area contributed by atoms with Crippen LogP contribution in [-0.2, 0) is 4.79 Å². The zero-order valence-electron chi connectivity index (χ0n) is 12.3. The number of halogens is 1. The Bertz CT molecular complexity index is 453. The van der Waals surface area contributed by atoms with Gasteiger partial charge in [-0.05, 0) is 44.4 Å². The Morgan fingerprint density at radius 3 is 2.70 bits per heavy atom. The standard InChI is InChI=1S/C16H23FN2O/c1-12-6-5-7-13(2)15(12)18-16(20)14-8-3-4-10-19(14)11-9-17/h5-7,14H,3-4,8-11H2,1-2H3,(H,18,20)/t14-/m0/s1. The van der Waals surface area contributed by atoms with Crippen molar-refractivity contribution < 1.29 is 9.18 Å². The summed E-state index contributed by atoms with van der Waals surface area (Å²) < 4.78 is 12.6. The summed E-state index contributed by atoms with van der Waals surface area (Å²) >= 11 is 0. The fraction of sp³-hybridized carbons (Fsp3) is 0.562. The number of nitrogens with one attached hydrogen (secondary N) is 1. The van der Waals surface area contributed by atoms with Crippen LogP contribution in [0.4, 0.5) is 10.1 Å². The number of piperidine rings is 1. The van der Waals surface area contributed by atoms with Gasteiger partial charge in [-0.2, -0.15) is 0 Å². The Balaban J connectivity index is 2.10. The minimum Gasteiger partial charge on any atom is -0.324 e. The summed E-state index contributed by atoms with van der Waals surface area (Å²) in [6.07, 6.45) is 2.90. The molecule has 110 valence electrons. The molecule has 0 spiro atoms. The molecule has 0 unspecified atom stereocenters. The van der Waals surface area contributed by atoms with E-state index in [1.807, 2.05) is 36.9 Å². The van der Waals surface area contributed by atoms with E-state index in [9.17, 15) is 9.18 Å². The zero-order chi connectivity index (χ0) is 14.5. The summed E-state index contributed by atoms with van der Waals surface area (Å²) in [6.45, 7) is 4.75. The lowest BCUT2D eigenvalue weighted by Gasteiger charge is -2.34. The summed E-state index contributed by atoms with van der Waals surface area (Å²) in [4.78, 5) is 14.4. The van der Waals surface area contributed by atoms with Crippen molar-refractivity contribution in [3.05, 3.63) is 29.3 Å². The fourth-order valence-corrected chi connectivity index (χ4v) is 2.88. The molecule has 20 heavy (non-hydrogen) atoms. The van der Waals surface area contributed by atoms with Gasteiger partial charge in [0.05, 0.1) is 6.04 Å². The molecule has 1 heterocycles. The van der Waals surface area contributed by atoms with Crippen molar-refractivity contribution in [2.24, 2.45) is 0 Å². The third-order valence-corrected chi connectivity index (χ3v) is 4.02. The van der Waals surface area contributed by atoms with Gasteiger partial charge in [-0.15, -0.1) is 0 Å². The molecule has 1 saturated heterocycles. The largest absolute Gasteiger partial charge is 0.324 e. The predicted octanol–water partition coefficient (Wildman–Crippen LogP) is 3.07. The van der Waals surface area contributed by atoms with E-state index in [1.54, 1.807) is 0 Å². The number of anilines is 1. The van der Waals surface area contributed by atoms with E-state index < -0.39 is 6.67 Å². The van der Waals surface area contributed by atoms with Gasteiger partial charge in [0, 0.05) is 12.2 Å². The number of likely N-dealkylation sites (tertiary alicyclic amines) is 1. The van der Waals surface area contributed by atoms with Crippen molar-refractivity contribution >= 4 is 11.6 Å². The number of rotatable bonds is 4. The molecule has 1 aromatic carbocycles. The average molecular weight is 278 g/mol. The van der Waals surface area contributed by atoms with Crippen LogP contribution in [0.3, 0.4) is 0 Å². The lowest BCUT2D eigenvalue weighted by atomic mass is 10.0. The summed E-state index contributed by atoms with van der Waals surface area (Å²) in [5.41, 5.74) is 3.01. The second-order valence-corrected chi connectivity index (χ2v) is 5.49. The number of amides is 1. The van der Waals surface area contributed by atoms with E-state index in [-0.39, 0.29) is 11.9 Å². The van der Waals surface area contributed by atoms with Crippen LogP contribution in [0, 0.1) is 13.8 Å². The van der Waals surface area contributed by atoms with Gasteiger partial charge in [-0.1, -0.05) is 24.6 Å². The second kappa shape index (κ2) is 6.84. The second-order valence-electron chi connectivity index (χ2n) is 5.49. The number of carbonyl (C=O) groups is 1. The Kier molecular flexibility index (Phi) is 5.12. The lowest BCUT2D eigenvalue weighted by Crippen LogP contribution is -2.47. The number of hydrogen-bond acceptors (Lipinski definition) is 2. The molecule has 0 saturated carbocycles. The van der Waals surface area contributed by atoms with E-state index in [4.69, 9.17) is 0 Å². The minimum absolute atomic E-state index is 0.00412. The molecule has 2 rings (SSSR count). The van der Waals surface area contributed by atoms with E-state index >= 15 is 0 Å². The molecule has 3 nitrogen and oxygen atoms in total. The monoisotopic (exact) mass is 278 g/mol. The van der Waals surface area contributed by atoms with Gasteiger partial charge in [0.15, 0.2) is 0 Å². The normalized spacial score (nSPS) is 19.9. The highest BCUT2D eigenvalue weighted by molar-refractivity contribution is 5.96. The van der Waals surface area contributed by atoms with Crippen molar-refractivity contribution in [1.82, 2.24) is 4.90 Å². The number of hydrogen-bond donors (Lipinski definition) is 1. The first-order valence-corrected chi connectivity index (χ1v) is 7.30. The van der Waals surface area contributed by atoms with Crippen LogP contribution in [0.1, 0.15) is 30.4 Å². The number of aryl methyl sites for hydroxylation is 2. The predicted molar refractivity (Wildman–Crippen MR) is 79.7 cm³/mol. The van der Waals surface area contributed by atoms with Crippen LogP contribution in [0.5, 0.6) is 0 Å². The van der Waals surface area contributed by atoms with E-state index in [1.165, 1.54) is 0 Å². The van der Waals surface area contributed by atoms with Gasteiger partial charge in [-0.3, -0.25) is 9.69 Å². The maximum atomic E-state index is 12.6. The Hall–Kier alpha value is -1.42. The van der Waals surface area contributed by atoms with Gasteiger partial charge in [0.1, 0.15) is 6.67 Å². The summed E-state index contributed by atoms with van der Waals surface area (Å²) in [7, 11) is 0. The maximum absolute atomic E-state index is 12.6. The van der Waals surface area contributed by atoms with Gasteiger partial charge in [0.2, 0.25) is 5.91 Å². The Morgan fingerprint density at radius 1 is 1.35 bits per heavy atom. The van der Waals surface area contributed by atoms with Crippen molar-refractivity contribution in [3.8, 4) is 0 Å². The third kappa shape index (κ3) is 3.37. The van der Waals surface area contributed by atoms with Gasteiger partial charge >= 0.3 is 0 Å². The molecule has 1 aliphatic rings. The third-order valence-electron chi connectivity index (χ3n) is 4.02. The number of benzene rings is 1. The lowest BCUT2D eigenvalue weighted by molar-refractivity contribution is -0.122. The summed E-state index contributed by atoms with van der Waals surface area (Å²) in [5, 5.41) is 3.03. The molecular weight excluding hydrogens is 255 g/mol. The van der Waals surface area contributed by atoms with E-state index in [0.717, 1.165) is 42.6 Å².